The van der Waals surface area contributed by atoms with E-state index in [1.165, 1.54) is 12.1 Å². The number of benzene rings is 1. The summed E-state index contributed by atoms with van der Waals surface area (Å²) >= 11 is 6.10. The maximum Gasteiger partial charge on any atom is 0.124 e. The van der Waals surface area contributed by atoms with Gasteiger partial charge in [-0.15, -0.1) is 0 Å². The third kappa shape index (κ3) is 4.25. The minimum atomic E-state index is -0.274. The van der Waals surface area contributed by atoms with Crippen LogP contribution < -0.4 is 5.32 Å². The Morgan fingerprint density at radius 3 is 2.44 bits per heavy atom. The lowest BCUT2D eigenvalue weighted by atomic mass is 9.84. The van der Waals surface area contributed by atoms with E-state index in [1.807, 2.05) is 0 Å². The quantitative estimate of drug-likeness (QED) is 0.814. The highest BCUT2D eigenvalue weighted by atomic mass is 35.5. The molecule has 0 saturated heterocycles. The van der Waals surface area contributed by atoms with E-state index in [1.54, 1.807) is 6.07 Å². The van der Waals surface area contributed by atoms with Gasteiger partial charge in [0.2, 0.25) is 0 Å². The zero-order chi connectivity index (χ0) is 13.7. The number of hydrogen-bond donors (Lipinski definition) is 1. The van der Waals surface area contributed by atoms with E-state index in [9.17, 15) is 4.39 Å². The van der Waals surface area contributed by atoms with Gasteiger partial charge in [-0.3, -0.25) is 0 Å². The molecular formula is C15H23ClFN. The van der Waals surface area contributed by atoms with E-state index in [0.717, 1.165) is 18.5 Å². The van der Waals surface area contributed by atoms with Gasteiger partial charge in [0, 0.05) is 11.1 Å². The third-order valence-corrected chi connectivity index (χ3v) is 3.85. The maximum atomic E-state index is 13.0. The zero-order valence-corrected chi connectivity index (χ0v) is 12.4. The van der Waals surface area contributed by atoms with E-state index in [-0.39, 0.29) is 5.82 Å². The van der Waals surface area contributed by atoms with Gasteiger partial charge in [0.1, 0.15) is 5.82 Å². The highest BCUT2D eigenvalue weighted by Gasteiger charge is 2.21. The fourth-order valence-electron chi connectivity index (χ4n) is 2.40. The number of hydrogen-bond acceptors (Lipinski definition) is 1. The van der Waals surface area contributed by atoms with Crippen LogP contribution in [0.1, 0.15) is 33.3 Å². The predicted octanol–water partition coefficient (Wildman–Crippen LogP) is 4.29. The van der Waals surface area contributed by atoms with Crippen LogP contribution in [0.25, 0.3) is 0 Å². The largest absolute Gasteiger partial charge is 0.314 e. The minimum absolute atomic E-state index is 0.274. The Bertz CT molecular complexity index is 379. The molecule has 1 aromatic carbocycles. The summed E-state index contributed by atoms with van der Waals surface area (Å²) in [6.45, 7) is 9.71. The molecule has 0 bridgehead atoms. The lowest BCUT2D eigenvalue weighted by Crippen LogP contribution is -2.37. The van der Waals surface area contributed by atoms with Crippen molar-refractivity contribution in [2.45, 2.75) is 40.2 Å². The van der Waals surface area contributed by atoms with Gasteiger partial charge in [-0.05, 0) is 49.4 Å². The molecule has 2 atom stereocenters. The molecule has 0 aliphatic heterocycles. The second-order valence-electron chi connectivity index (χ2n) is 5.19. The van der Waals surface area contributed by atoms with E-state index < -0.39 is 0 Å². The van der Waals surface area contributed by atoms with Gasteiger partial charge >= 0.3 is 0 Å². The topological polar surface area (TPSA) is 12.0 Å². The molecule has 0 amide bonds. The Morgan fingerprint density at radius 1 is 1.28 bits per heavy atom. The third-order valence-electron chi connectivity index (χ3n) is 3.50. The average molecular weight is 272 g/mol. The summed E-state index contributed by atoms with van der Waals surface area (Å²) in [6.07, 6.45) is 0.880. The molecule has 1 N–H and O–H groups in total. The van der Waals surface area contributed by atoms with E-state index in [0.29, 0.717) is 22.9 Å². The lowest BCUT2D eigenvalue weighted by molar-refractivity contribution is 0.292. The number of rotatable bonds is 6. The normalized spacial score (nSPS) is 14.8. The highest BCUT2D eigenvalue weighted by molar-refractivity contribution is 6.31. The molecule has 0 saturated carbocycles. The predicted molar refractivity (Wildman–Crippen MR) is 76.6 cm³/mol. The Labute approximate surface area is 115 Å². The molecule has 0 aliphatic rings. The van der Waals surface area contributed by atoms with Gasteiger partial charge in [-0.2, -0.15) is 0 Å². The molecule has 3 heteroatoms. The van der Waals surface area contributed by atoms with Crippen molar-refractivity contribution in [2.75, 3.05) is 6.54 Å². The van der Waals surface area contributed by atoms with Crippen LogP contribution in [0.5, 0.6) is 0 Å². The first-order valence-corrected chi connectivity index (χ1v) is 7.00. The van der Waals surface area contributed by atoms with Gasteiger partial charge in [-0.25, -0.2) is 4.39 Å². The SMILES string of the molecule is CCNC(C)C(Cc1ccc(F)cc1Cl)C(C)C. The Hall–Kier alpha value is -0.600. The van der Waals surface area contributed by atoms with Crippen LogP contribution in [0.15, 0.2) is 18.2 Å². The van der Waals surface area contributed by atoms with Gasteiger partial charge in [-0.1, -0.05) is 38.4 Å². The second kappa shape index (κ2) is 7.10. The molecule has 2 unspecified atom stereocenters. The molecule has 1 rings (SSSR count). The van der Waals surface area contributed by atoms with Crippen molar-refractivity contribution in [3.63, 3.8) is 0 Å². The Kier molecular flexibility index (Phi) is 6.10. The molecule has 0 fully saturated rings. The van der Waals surface area contributed by atoms with Crippen LogP contribution in [0.2, 0.25) is 5.02 Å². The number of halogens is 2. The summed E-state index contributed by atoms with van der Waals surface area (Å²) < 4.78 is 13.0. The van der Waals surface area contributed by atoms with Crippen LogP contribution in [0.4, 0.5) is 4.39 Å². The summed E-state index contributed by atoms with van der Waals surface area (Å²) in [5, 5.41) is 3.99. The van der Waals surface area contributed by atoms with Gasteiger partial charge in [0.15, 0.2) is 0 Å². The molecular weight excluding hydrogens is 249 g/mol. The summed E-state index contributed by atoms with van der Waals surface area (Å²) in [7, 11) is 0. The molecule has 102 valence electrons. The van der Waals surface area contributed by atoms with Gasteiger partial charge in [0.25, 0.3) is 0 Å². The van der Waals surface area contributed by atoms with E-state index in [2.05, 4.69) is 33.0 Å². The Balaban J connectivity index is 2.83. The molecule has 1 nitrogen and oxygen atoms in total. The fraction of sp³-hybridized carbons (Fsp3) is 0.600. The van der Waals surface area contributed by atoms with Gasteiger partial charge < -0.3 is 5.32 Å². The fourth-order valence-corrected chi connectivity index (χ4v) is 2.65. The summed E-state index contributed by atoms with van der Waals surface area (Å²) in [4.78, 5) is 0. The van der Waals surface area contributed by atoms with Crippen molar-refractivity contribution < 1.29 is 4.39 Å². The molecule has 0 aromatic heterocycles. The first-order valence-electron chi connectivity index (χ1n) is 6.63. The van der Waals surface area contributed by atoms with Crippen molar-refractivity contribution in [3.05, 3.63) is 34.6 Å². The average Bonchev–Trinajstić information content (AvgIpc) is 2.27. The standard InChI is InChI=1S/C15H23ClFN/c1-5-18-11(4)14(10(2)3)8-12-6-7-13(17)9-15(12)16/h6-7,9-11,14,18H,5,8H2,1-4H3. The minimum Gasteiger partial charge on any atom is -0.314 e. The lowest BCUT2D eigenvalue weighted by Gasteiger charge is -2.28. The van der Waals surface area contributed by atoms with Crippen LogP contribution in [-0.2, 0) is 6.42 Å². The molecule has 0 radical (unpaired) electrons. The summed E-state index contributed by atoms with van der Waals surface area (Å²) in [5.74, 6) is 0.776. The maximum absolute atomic E-state index is 13.0. The summed E-state index contributed by atoms with van der Waals surface area (Å²) in [5.41, 5.74) is 1.03. The van der Waals surface area contributed by atoms with Crippen molar-refractivity contribution >= 4 is 11.6 Å². The van der Waals surface area contributed by atoms with Crippen molar-refractivity contribution in [1.82, 2.24) is 5.32 Å². The molecule has 0 aliphatic carbocycles. The van der Waals surface area contributed by atoms with Crippen molar-refractivity contribution in [2.24, 2.45) is 11.8 Å². The first kappa shape index (κ1) is 15.5. The molecule has 0 spiro atoms. The highest BCUT2D eigenvalue weighted by Crippen LogP contribution is 2.26. The smallest absolute Gasteiger partial charge is 0.124 e. The van der Waals surface area contributed by atoms with Crippen LogP contribution in [0, 0.1) is 17.7 Å². The van der Waals surface area contributed by atoms with E-state index >= 15 is 0 Å². The Morgan fingerprint density at radius 2 is 1.94 bits per heavy atom. The molecule has 0 heterocycles. The van der Waals surface area contributed by atoms with Crippen LogP contribution in [-0.4, -0.2) is 12.6 Å². The van der Waals surface area contributed by atoms with Crippen molar-refractivity contribution in [1.29, 1.82) is 0 Å². The molecule has 1 aromatic rings. The van der Waals surface area contributed by atoms with Crippen LogP contribution in [0.3, 0.4) is 0 Å². The zero-order valence-electron chi connectivity index (χ0n) is 11.6. The second-order valence-corrected chi connectivity index (χ2v) is 5.60. The monoisotopic (exact) mass is 271 g/mol. The van der Waals surface area contributed by atoms with Gasteiger partial charge in [0.05, 0.1) is 0 Å². The van der Waals surface area contributed by atoms with Crippen molar-refractivity contribution in [3.8, 4) is 0 Å². The van der Waals surface area contributed by atoms with Crippen LogP contribution >= 0.6 is 11.6 Å². The molecule has 18 heavy (non-hydrogen) atoms. The first-order chi connectivity index (χ1) is 8.45. The number of nitrogens with one attached hydrogen (secondary N) is 1. The van der Waals surface area contributed by atoms with E-state index in [4.69, 9.17) is 11.6 Å². The summed E-state index contributed by atoms with van der Waals surface area (Å²) in [6, 6.07) is 5.10.